The van der Waals surface area contributed by atoms with E-state index in [1.165, 1.54) is 12.1 Å². The highest BCUT2D eigenvalue weighted by molar-refractivity contribution is 5.72. The Morgan fingerprint density at radius 1 is 0.833 bits per heavy atom. The van der Waals surface area contributed by atoms with E-state index in [1.807, 2.05) is 18.2 Å². The summed E-state index contributed by atoms with van der Waals surface area (Å²) < 4.78 is 29.1. The summed E-state index contributed by atoms with van der Waals surface area (Å²) in [5, 5.41) is 7.28. The lowest BCUT2D eigenvalue weighted by Crippen LogP contribution is -1.95. The van der Waals surface area contributed by atoms with Gasteiger partial charge in [0, 0.05) is 5.56 Å². The number of nitrogens with one attached hydrogen (secondary N) is 1. The molecule has 1 aromatic heterocycles. The van der Waals surface area contributed by atoms with E-state index in [1.54, 1.807) is 33.5 Å². The van der Waals surface area contributed by atoms with Gasteiger partial charge in [0.15, 0.2) is 11.5 Å². The van der Waals surface area contributed by atoms with Crippen LogP contribution in [0.2, 0.25) is 0 Å². The zero-order valence-corrected chi connectivity index (χ0v) is 13.6. The molecule has 0 saturated heterocycles. The van der Waals surface area contributed by atoms with Crippen molar-refractivity contribution in [2.24, 2.45) is 0 Å². The molecule has 0 saturated carbocycles. The maximum Gasteiger partial charge on any atom is 0.203 e. The van der Waals surface area contributed by atoms with Crippen LogP contribution < -0.4 is 14.2 Å². The van der Waals surface area contributed by atoms with Gasteiger partial charge in [0.05, 0.1) is 32.7 Å². The van der Waals surface area contributed by atoms with Crippen molar-refractivity contribution < 1.29 is 18.6 Å². The fraction of sp³-hybridized carbons (Fsp3) is 0.167. The summed E-state index contributed by atoms with van der Waals surface area (Å²) in [5.41, 5.74) is 3.17. The molecule has 0 atom stereocenters. The van der Waals surface area contributed by atoms with Crippen LogP contribution in [0.4, 0.5) is 4.39 Å². The minimum absolute atomic E-state index is 0.275. The molecule has 24 heavy (non-hydrogen) atoms. The van der Waals surface area contributed by atoms with Gasteiger partial charge in [0.2, 0.25) is 5.75 Å². The maximum atomic E-state index is 13.0. The van der Waals surface area contributed by atoms with Crippen molar-refractivity contribution in [3.8, 4) is 39.8 Å². The van der Waals surface area contributed by atoms with Crippen LogP contribution in [0.3, 0.4) is 0 Å². The minimum Gasteiger partial charge on any atom is -0.493 e. The number of ether oxygens (including phenoxy) is 3. The van der Waals surface area contributed by atoms with Crippen molar-refractivity contribution in [1.29, 1.82) is 0 Å². The lowest BCUT2D eigenvalue weighted by atomic mass is 10.1. The highest BCUT2D eigenvalue weighted by Gasteiger charge is 2.15. The number of hydrogen-bond donors (Lipinski definition) is 1. The Bertz CT molecular complexity index is 819. The average molecular weight is 328 g/mol. The molecule has 0 aliphatic carbocycles. The van der Waals surface area contributed by atoms with Gasteiger partial charge in [0.1, 0.15) is 5.82 Å². The molecule has 0 amide bonds. The quantitative estimate of drug-likeness (QED) is 0.771. The van der Waals surface area contributed by atoms with Crippen molar-refractivity contribution in [1.82, 2.24) is 10.2 Å². The summed E-state index contributed by atoms with van der Waals surface area (Å²) in [5.74, 6) is 1.36. The van der Waals surface area contributed by atoms with E-state index in [0.717, 1.165) is 16.8 Å². The van der Waals surface area contributed by atoms with Gasteiger partial charge in [-0.25, -0.2) is 4.39 Å². The summed E-state index contributed by atoms with van der Waals surface area (Å²) in [6.45, 7) is 0. The second-order valence-corrected chi connectivity index (χ2v) is 5.09. The second-order valence-electron chi connectivity index (χ2n) is 5.09. The molecular weight excluding hydrogens is 311 g/mol. The summed E-state index contributed by atoms with van der Waals surface area (Å²) in [6.07, 6.45) is 0. The van der Waals surface area contributed by atoms with Gasteiger partial charge in [0.25, 0.3) is 0 Å². The first-order chi connectivity index (χ1) is 11.7. The topological polar surface area (TPSA) is 56.4 Å². The van der Waals surface area contributed by atoms with Crippen molar-refractivity contribution in [3.63, 3.8) is 0 Å². The highest BCUT2D eigenvalue weighted by atomic mass is 19.1. The zero-order chi connectivity index (χ0) is 17.1. The second kappa shape index (κ2) is 6.62. The van der Waals surface area contributed by atoms with Crippen LogP contribution in [0.5, 0.6) is 17.2 Å². The Balaban J connectivity index is 2.02. The maximum absolute atomic E-state index is 13.0. The van der Waals surface area contributed by atoms with E-state index in [9.17, 15) is 4.39 Å². The molecule has 1 heterocycles. The summed E-state index contributed by atoms with van der Waals surface area (Å²) >= 11 is 0. The van der Waals surface area contributed by atoms with E-state index >= 15 is 0 Å². The van der Waals surface area contributed by atoms with Gasteiger partial charge in [-0.3, -0.25) is 5.10 Å². The summed E-state index contributed by atoms with van der Waals surface area (Å²) in [4.78, 5) is 0. The van der Waals surface area contributed by atoms with Crippen LogP contribution in [-0.2, 0) is 0 Å². The molecule has 0 radical (unpaired) electrons. The fourth-order valence-electron chi connectivity index (χ4n) is 2.48. The van der Waals surface area contributed by atoms with Gasteiger partial charge < -0.3 is 14.2 Å². The molecule has 3 rings (SSSR count). The Kier molecular flexibility index (Phi) is 4.37. The van der Waals surface area contributed by atoms with Gasteiger partial charge >= 0.3 is 0 Å². The van der Waals surface area contributed by atoms with Crippen molar-refractivity contribution in [2.45, 2.75) is 0 Å². The van der Waals surface area contributed by atoms with E-state index in [2.05, 4.69) is 10.2 Å². The minimum atomic E-state index is -0.275. The van der Waals surface area contributed by atoms with Gasteiger partial charge in [-0.1, -0.05) is 0 Å². The molecule has 0 spiro atoms. The van der Waals surface area contributed by atoms with Crippen molar-refractivity contribution in [3.05, 3.63) is 48.3 Å². The normalized spacial score (nSPS) is 10.5. The van der Waals surface area contributed by atoms with Crippen LogP contribution >= 0.6 is 0 Å². The van der Waals surface area contributed by atoms with E-state index in [-0.39, 0.29) is 5.82 Å². The largest absolute Gasteiger partial charge is 0.493 e. The van der Waals surface area contributed by atoms with Gasteiger partial charge in [-0.15, -0.1) is 0 Å². The van der Waals surface area contributed by atoms with Crippen LogP contribution in [-0.4, -0.2) is 31.5 Å². The zero-order valence-electron chi connectivity index (χ0n) is 13.6. The third kappa shape index (κ3) is 2.90. The molecule has 0 aliphatic heterocycles. The molecule has 0 aliphatic rings. The lowest BCUT2D eigenvalue weighted by Gasteiger charge is -2.13. The number of methoxy groups -OCH3 is 3. The smallest absolute Gasteiger partial charge is 0.203 e. The number of rotatable bonds is 5. The van der Waals surface area contributed by atoms with Gasteiger partial charge in [-0.05, 0) is 48.0 Å². The predicted octanol–water partition coefficient (Wildman–Crippen LogP) is 3.91. The SMILES string of the molecule is COc1cc(-c2cc(-c3ccc(F)cc3)[nH]n2)cc(OC)c1OC. The van der Waals surface area contributed by atoms with E-state index in [4.69, 9.17) is 14.2 Å². The molecule has 5 nitrogen and oxygen atoms in total. The molecule has 3 aromatic rings. The number of benzene rings is 2. The standard InChI is InChI=1S/C18H17FN2O3/c1-22-16-8-12(9-17(23-2)18(16)24-3)15-10-14(20-21-15)11-4-6-13(19)7-5-11/h4-10H,1-3H3,(H,20,21). The van der Waals surface area contributed by atoms with E-state index < -0.39 is 0 Å². The van der Waals surface area contributed by atoms with Gasteiger partial charge in [-0.2, -0.15) is 5.10 Å². The number of hydrogen-bond acceptors (Lipinski definition) is 4. The number of nitrogens with zero attached hydrogens (tertiary/aromatic N) is 1. The first kappa shape index (κ1) is 15.9. The van der Waals surface area contributed by atoms with Crippen LogP contribution in [0.25, 0.3) is 22.5 Å². The fourth-order valence-corrected chi connectivity index (χ4v) is 2.48. The third-order valence-corrected chi connectivity index (χ3v) is 3.69. The molecule has 0 bridgehead atoms. The Labute approximate surface area is 139 Å². The Morgan fingerprint density at radius 2 is 1.46 bits per heavy atom. The number of H-pyrrole nitrogens is 1. The number of aromatic nitrogens is 2. The molecule has 124 valence electrons. The molecular formula is C18H17FN2O3. The predicted molar refractivity (Wildman–Crippen MR) is 89.1 cm³/mol. The molecule has 0 unspecified atom stereocenters. The van der Waals surface area contributed by atoms with Crippen LogP contribution in [0, 0.1) is 5.82 Å². The highest BCUT2D eigenvalue weighted by Crippen LogP contribution is 2.41. The monoisotopic (exact) mass is 328 g/mol. The number of halogens is 1. The summed E-state index contributed by atoms with van der Waals surface area (Å²) in [6, 6.07) is 11.8. The van der Waals surface area contributed by atoms with Crippen LogP contribution in [0.15, 0.2) is 42.5 Å². The Morgan fingerprint density at radius 3 is 2.00 bits per heavy atom. The van der Waals surface area contributed by atoms with Crippen molar-refractivity contribution in [2.75, 3.05) is 21.3 Å². The Hall–Kier alpha value is -3.02. The van der Waals surface area contributed by atoms with E-state index in [0.29, 0.717) is 22.9 Å². The molecule has 0 fully saturated rings. The van der Waals surface area contributed by atoms with Crippen molar-refractivity contribution >= 4 is 0 Å². The molecule has 1 N–H and O–H groups in total. The number of aromatic amines is 1. The van der Waals surface area contributed by atoms with Crippen LogP contribution in [0.1, 0.15) is 0 Å². The summed E-state index contributed by atoms with van der Waals surface area (Å²) in [7, 11) is 4.69. The first-order valence-electron chi connectivity index (χ1n) is 7.28. The molecule has 2 aromatic carbocycles. The molecule has 6 heteroatoms. The average Bonchev–Trinajstić information content (AvgIpc) is 3.11. The third-order valence-electron chi connectivity index (χ3n) is 3.69. The lowest BCUT2D eigenvalue weighted by molar-refractivity contribution is 0.324. The first-order valence-corrected chi connectivity index (χ1v) is 7.28.